The third kappa shape index (κ3) is 9.50. The molecule has 2 N–H and O–H groups in total. The summed E-state index contributed by atoms with van der Waals surface area (Å²) in [5.41, 5.74) is 6.68. The van der Waals surface area contributed by atoms with E-state index in [9.17, 15) is 0 Å². The fourth-order valence-corrected chi connectivity index (χ4v) is 1.44. The number of nitrogens with zero attached hydrogens (tertiary/aromatic N) is 1. The molecule has 0 aromatic carbocycles. The third-order valence-corrected chi connectivity index (χ3v) is 2.81. The smallest absolute Gasteiger partial charge is 0.115 e. The lowest BCUT2D eigenvalue weighted by Gasteiger charge is -2.07. The normalized spacial score (nSPS) is 14.3. The largest absolute Gasteiger partial charge is 0.384 e. The Balaban J connectivity index is 3.64. The van der Waals surface area contributed by atoms with Crippen LogP contribution >= 0.6 is 0 Å². The first-order valence-electron chi connectivity index (χ1n) is 6.20. The summed E-state index contributed by atoms with van der Waals surface area (Å²) >= 11 is 0. The van der Waals surface area contributed by atoms with Crippen LogP contribution < -0.4 is 5.73 Å². The maximum atomic E-state index is 5.33. The number of unbranched alkanes of at least 4 members (excludes halogenated alkanes) is 1. The summed E-state index contributed by atoms with van der Waals surface area (Å²) < 4.78 is 0. The van der Waals surface area contributed by atoms with Crippen LogP contribution in [0.3, 0.4) is 0 Å². The number of hydrogen-bond acceptors (Lipinski definition) is 2. The first kappa shape index (κ1) is 14.9. The van der Waals surface area contributed by atoms with Gasteiger partial charge in [0, 0.05) is 6.21 Å². The van der Waals surface area contributed by atoms with Crippen LogP contribution in [0, 0.1) is 5.92 Å². The van der Waals surface area contributed by atoms with Crippen LogP contribution in [0.4, 0.5) is 0 Å². The molecule has 92 valence electrons. The quantitative estimate of drug-likeness (QED) is 0.488. The lowest BCUT2D eigenvalue weighted by atomic mass is 9.99. The molecule has 0 saturated carbocycles. The van der Waals surface area contributed by atoms with Gasteiger partial charge in [-0.2, -0.15) is 0 Å². The van der Waals surface area contributed by atoms with Crippen molar-refractivity contribution < 1.29 is 0 Å². The Morgan fingerprint density at radius 1 is 1.44 bits per heavy atom. The van der Waals surface area contributed by atoms with E-state index in [1.165, 1.54) is 31.3 Å². The van der Waals surface area contributed by atoms with Crippen LogP contribution in [-0.4, -0.2) is 6.21 Å². The van der Waals surface area contributed by atoms with Gasteiger partial charge in [-0.15, -0.1) is 0 Å². The van der Waals surface area contributed by atoms with E-state index in [1.54, 1.807) is 6.21 Å². The molecule has 0 heterocycles. The Morgan fingerprint density at radius 2 is 2.12 bits per heavy atom. The van der Waals surface area contributed by atoms with Crippen LogP contribution in [0.2, 0.25) is 0 Å². The van der Waals surface area contributed by atoms with E-state index >= 15 is 0 Å². The SMILES string of the molecule is C=C(N)/N=C\C=C(/C)CCCCC(C)CC. The molecule has 2 nitrogen and oxygen atoms in total. The molecule has 0 fully saturated rings. The molecule has 0 aromatic heterocycles. The number of nitrogens with two attached hydrogens (primary N) is 1. The highest BCUT2D eigenvalue weighted by molar-refractivity contribution is 5.72. The molecule has 0 aliphatic carbocycles. The molecule has 0 saturated heterocycles. The Labute approximate surface area is 100 Å². The molecule has 0 spiro atoms. The zero-order valence-corrected chi connectivity index (χ0v) is 11.0. The van der Waals surface area contributed by atoms with E-state index in [4.69, 9.17) is 5.73 Å². The van der Waals surface area contributed by atoms with Gasteiger partial charge in [0.1, 0.15) is 5.82 Å². The Bertz CT molecular complexity index is 251. The molecular weight excluding hydrogens is 196 g/mol. The first-order chi connectivity index (χ1) is 7.56. The van der Waals surface area contributed by atoms with Gasteiger partial charge in [0.2, 0.25) is 0 Å². The topological polar surface area (TPSA) is 38.4 Å². The van der Waals surface area contributed by atoms with E-state index in [2.05, 4.69) is 32.3 Å². The second-order valence-electron chi connectivity index (χ2n) is 4.54. The summed E-state index contributed by atoms with van der Waals surface area (Å²) in [6.45, 7) is 10.2. The van der Waals surface area contributed by atoms with Gasteiger partial charge in [0.25, 0.3) is 0 Å². The lowest BCUT2D eigenvalue weighted by Crippen LogP contribution is -1.92. The maximum absolute atomic E-state index is 5.33. The fraction of sp³-hybridized carbons (Fsp3) is 0.643. The zero-order valence-electron chi connectivity index (χ0n) is 11.0. The molecule has 1 unspecified atom stereocenters. The summed E-state index contributed by atoms with van der Waals surface area (Å²) in [5, 5.41) is 0. The minimum atomic E-state index is 0.362. The molecule has 0 aliphatic rings. The van der Waals surface area contributed by atoms with Crippen molar-refractivity contribution in [1.29, 1.82) is 0 Å². The van der Waals surface area contributed by atoms with E-state index in [0.717, 1.165) is 12.3 Å². The first-order valence-corrected chi connectivity index (χ1v) is 6.20. The molecule has 0 radical (unpaired) electrons. The highest BCUT2D eigenvalue weighted by Gasteiger charge is 1.98. The van der Waals surface area contributed by atoms with E-state index in [-0.39, 0.29) is 0 Å². The average molecular weight is 222 g/mol. The highest BCUT2D eigenvalue weighted by Crippen LogP contribution is 2.14. The Morgan fingerprint density at radius 3 is 2.69 bits per heavy atom. The molecular formula is C14H26N2. The summed E-state index contributed by atoms with van der Waals surface area (Å²) in [4.78, 5) is 3.92. The fourth-order valence-electron chi connectivity index (χ4n) is 1.44. The molecule has 1 atom stereocenters. The van der Waals surface area contributed by atoms with Crippen molar-refractivity contribution in [3.8, 4) is 0 Å². The summed E-state index contributed by atoms with van der Waals surface area (Å²) in [6.07, 6.45) is 10.1. The van der Waals surface area contributed by atoms with Gasteiger partial charge >= 0.3 is 0 Å². The van der Waals surface area contributed by atoms with Crippen LogP contribution in [0.25, 0.3) is 0 Å². The van der Waals surface area contributed by atoms with Gasteiger partial charge in [-0.25, -0.2) is 4.99 Å². The summed E-state index contributed by atoms with van der Waals surface area (Å²) in [7, 11) is 0. The highest BCUT2D eigenvalue weighted by atomic mass is 14.9. The van der Waals surface area contributed by atoms with Gasteiger partial charge in [-0.05, 0) is 31.8 Å². The predicted molar refractivity (Wildman–Crippen MR) is 73.5 cm³/mol. The van der Waals surface area contributed by atoms with Crippen molar-refractivity contribution in [2.45, 2.75) is 52.9 Å². The van der Waals surface area contributed by atoms with Gasteiger partial charge in [-0.1, -0.05) is 45.3 Å². The minimum absolute atomic E-state index is 0.362. The molecule has 2 heteroatoms. The maximum Gasteiger partial charge on any atom is 0.115 e. The molecule has 0 amide bonds. The number of aliphatic imine (C=N–C) groups is 1. The molecule has 16 heavy (non-hydrogen) atoms. The van der Waals surface area contributed by atoms with Crippen molar-refractivity contribution in [2.75, 3.05) is 0 Å². The second kappa shape index (κ2) is 9.20. The molecule has 0 aliphatic heterocycles. The molecule has 0 rings (SSSR count). The van der Waals surface area contributed by atoms with Crippen LogP contribution in [0.1, 0.15) is 52.9 Å². The van der Waals surface area contributed by atoms with Gasteiger partial charge in [-0.3, -0.25) is 0 Å². The summed E-state index contributed by atoms with van der Waals surface area (Å²) in [5.74, 6) is 1.23. The third-order valence-electron chi connectivity index (χ3n) is 2.81. The monoisotopic (exact) mass is 222 g/mol. The van der Waals surface area contributed by atoms with Crippen LogP contribution in [0.5, 0.6) is 0 Å². The Kier molecular flexibility index (Phi) is 8.59. The average Bonchev–Trinajstić information content (AvgIpc) is 2.23. The minimum Gasteiger partial charge on any atom is -0.384 e. The molecule has 0 aromatic rings. The van der Waals surface area contributed by atoms with E-state index in [1.807, 2.05) is 6.08 Å². The van der Waals surface area contributed by atoms with Crippen molar-refractivity contribution in [2.24, 2.45) is 16.6 Å². The van der Waals surface area contributed by atoms with Gasteiger partial charge in [0.05, 0.1) is 0 Å². The molecule has 0 bridgehead atoms. The van der Waals surface area contributed by atoms with Crippen molar-refractivity contribution in [3.05, 3.63) is 24.0 Å². The zero-order chi connectivity index (χ0) is 12.4. The van der Waals surface area contributed by atoms with Crippen molar-refractivity contribution >= 4 is 6.21 Å². The number of allylic oxidation sites excluding steroid dienone is 2. The van der Waals surface area contributed by atoms with E-state index < -0.39 is 0 Å². The van der Waals surface area contributed by atoms with Crippen molar-refractivity contribution in [1.82, 2.24) is 0 Å². The lowest BCUT2D eigenvalue weighted by molar-refractivity contribution is 0.484. The van der Waals surface area contributed by atoms with Crippen LogP contribution in [0.15, 0.2) is 29.0 Å². The number of hydrogen-bond donors (Lipinski definition) is 1. The van der Waals surface area contributed by atoms with Crippen molar-refractivity contribution in [3.63, 3.8) is 0 Å². The second-order valence-corrected chi connectivity index (χ2v) is 4.54. The summed E-state index contributed by atoms with van der Waals surface area (Å²) in [6, 6.07) is 0. The predicted octanol–water partition coefficient (Wildman–Crippen LogP) is 4.04. The van der Waals surface area contributed by atoms with Gasteiger partial charge in [0.15, 0.2) is 0 Å². The van der Waals surface area contributed by atoms with Gasteiger partial charge < -0.3 is 5.73 Å². The van der Waals surface area contributed by atoms with Crippen LogP contribution in [-0.2, 0) is 0 Å². The Hall–Kier alpha value is -1.05. The number of rotatable bonds is 8. The van der Waals surface area contributed by atoms with E-state index in [0.29, 0.717) is 5.82 Å². The standard InChI is InChI=1S/C14H26N2/c1-5-12(2)8-6-7-9-13(3)10-11-16-14(4)15/h10-12H,4-9,15H2,1-3H3/b13-10+,16-11-.